The van der Waals surface area contributed by atoms with E-state index in [1.807, 2.05) is 68.0 Å². The quantitative estimate of drug-likeness (QED) is 0.158. The molecule has 0 N–H and O–H groups in total. The molecule has 582 valence electrons. The highest BCUT2D eigenvalue weighted by Gasteiger charge is 2.25. The lowest BCUT2D eigenvalue weighted by molar-refractivity contribution is 1.20. The molecule has 3 nitrogen and oxygen atoms in total. The summed E-state index contributed by atoms with van der Waals surface area (Å²) in [6.45, 7) is 13.1. The molecule has 0 aliphatic rings. The van der Waals surface area contributed by atoms with E-state index in [0.29, 0.717) is 0 Å². The number of hydrogen-bond acceptors (Lipinski definition) is 6. The van der Waals surface area contributed by atoms with E-state index in [9.17, 15) is 0 Å². The first-order valence-electron chi connectivity index (χ1n) is 42.1. The molecule has 123 heavy (non-hydrogen) atoms. The van der Waals surface area contributed by atoms with Gasteiger partial charge in [-0.05, 0) is 215 Å². The molecule has 0 unspecified atom stereocenters. The minimum atomic E-state index is 1.25. The van der Waals surface area contributed by atoms with Gasteiger partial charge >= 0.3 is 0 Å². The molecular formula is C114H75N3S6. The molecule has 0 saturated carbocycles. The second kappa shape index (κ2) is 28.1. The molecule has 0 bridgehead atoms. The Morgan fingerprint density at radius 2 is 0.447 bits per heavy atom. The monoisotopic (exact) mass is 1680 g/mol. The van der Waals surface area contributed by atoms with Gasteiger partial charge in [-0.3, -0.25) is 0 Å². The lowest BCUT2D eigenvalue weighted by atomic mass is 9.98. The zero-order valence-corrected chi connectivity index (χ0v) is 73.1. The van der Waals surface area contributed by atoms with Gasteiger partial charge in [-0.15, -0.1) is 68.0 Å². The van der Waals surface area contributed by atoms with Crippen LogP contribution in [0.1, 0.15) is 33.4 Å². The molecule has 0 amide bonds. The van der Waals surface area contributed by atoms with Crippen LogP contribution in [-0.4, -0.2) is 13.7 Å². The van der Waals surface area contributed by atoms with Crippen molar-refractivity contribution >= 4 is 254 Å². The predicted octanol–water partition coefficient (Wildman–Crippen LogP) is 35.4. The van der Waals surface area contributed by atoms with Crippen LogP contribution in [0.3, 0.4) is 0 Å². The van der Waals surface area contributed by atoms with Crippen molar-refractivity contribution in [3.05, 3.63) is 379 Å². The molecule has 9 aromatic heterocycles. The molecule has 27 aromatic rings. The van der Waals surface area contributed by atoms with Gasteiger partial charge in [0.2, 0.25) is 0 Å². The Balaban J connectivity index is 0.000000101. The average molecular weight is 1680 g/mol. The number of hydrogen-bond donors (Lipinski definition) is 0. The van der Waals surface area contributed by atoms with Crippen LogP contribution < -0.4 is 0 Å². The van der Waals surface area contributed by atoms with Gasteiger partial charge in [-0.2, -0.15) is 0 Å². The molecule has 0 aliphatic heterocycles. The van der Waals surface area contributed by atoms with E-state index in [1.54, 1.807) is 0 Å². The van der Waals surface area contributed by atoms with Crippen LogP contribution >= 0.6 is 68.0 Å². The SMILES string of the molecule is Cc1ccc2c(c1)c1cc(C)ccc1n2-c1cccc2c1sc1cccc(-c3ccc4c(c3)sc3ccccc34)c12.Cc1ccc2c(c1)c1cc(C)ccc1n2-c1cccc2c1sc1cccc(-c3ccc4sc5ccccc5c4c3)c12.Cc1ccc2c(c1)c1cc(C)ccc1n2-c1cccc2c1sc1cccc(-c3cccc4c3sc3ccccc34)c12. The van der Waals surface area contributed by atoms with E-state index in [0.717, 1.165) is 0 Å². The molecule has 27 rings (SSSR count). The topological polar surface area (TPSA) is 14.8 Å². The van der Waals surface area contributed by atoms with Crippen molar-refractivity contribution in [2.45, 2.75) is 41.5 Å². The molecule has 18 aromatic carbocycles. The second-order valence-corrected chi connectivity index (χ2v) is 39.7. The third-order valence-corrected chi connectivity index (χ3v) is 32.6. The molecular weight excluding hydrogens is 1600 g/mol. The molecule has 0 spiro atoms. The van der Waals surface area contributed by atoms with Gasteiger partial charge in [0, 0.05) is 145 Å². The van der Waals surface area contributed by atoms with Gasteiger partial charge in [0.15, 0.2) is 0 Å². The molecule has 0 saturated heterocycles. The summed E-state index contributed by atoms with van der Waals surface area (Å²) in [6, 6.07) is 129. The normalized spacial score (nSPS) is 12.1. The van der Waals surface area contributed by atoms with Crippen LogP contribution in [0.25, 0.3) is 237 Å². The van der Waals surface area contributed by atoms with Crippen LogP contribution in [0, 0.1) is 41.5 Å². The van der Waals surface area contributed by atoms with Crippen molar-refractivity contribution in [3.8, 4) is 50.4 Å². The van der Waals surface area contributed by atoms with Crippen molar-refractivity contribution in [1.82, 2.24) is 13.7 Å². The van der Waals surface area contributed by atoms with Crippen LogP contribution in [0.15, 0.2) is 346 Å². The van der Waals surface area contributed by atoms with Crippen molar-refractivity contribution in [1.29, 1.82) is 0 Å². The number of aromatic nitrogens is 3. The zero-order chi connectivity index (χ0) is 81.7. The first-order valence-corrected chi connectivity index (χ1v) is 47.0. The van der Waals surface area contributed by atoms with E-state index < -0.39 is 0 Å². The maximum Gasteiger partial charge on any atom is 0.0640 e. The third kappa shape index (κ3) is 11.4. The summed E-state index contributed by atoms with van der Waals surface area (Å²) in [5, 5.41) is 24.0. The average Bonchev–Trinajstić information content (AvgIpc) is 1.57. The highest BCUT2D eigenvalue weighted by atomic mass is 32.1. The Hall–Kier alpha value is -13.3. The van der Waals surface area contributed by atoms with Crippen molar-refractivity contribution < 1.29 is 0 Å². The van der Waals surface area contributed by atoms with Crippen LogP contribution in [0.2, 0.25) is 0 Å². The minimum absolute atomic E-state index is 1.25. The fourth-order valence-corrected chi connectivity index (χ4v) is 27.2. The van der Waals surface area contributed by atoms with Gasteiger partial charge in [0.1, 0.15) is 0 Å². The van der Waals surface area contributed by atoms with E-state index in [1.165, 1.54) is 270 Å². The molecule has 0 radical (unpaired) electrons. The fraction of sp³-hybridized carbons (Fsp3) is 0.0526. The first-order chi connectivity index (χ1) is 60.4. The summed E-state index contributed by atoms with van der Waals surface area (Å²) in [7, 11) is 0. The van der Waals surface area contributed by atoms with Gasteiger partial charge in [0.05, 0.1) is 64.3 Å². The fourth-order valence-electron chi connectivity index (χ4n) is 20.0. The molecule has 0 fully saturated rings. The van der Waals surface area contributed by atoms with Crippen LogP contribution in [0.5, 0.6) is 0 Å². The highest BCUT2D eigenvalue weighted by molar-refractivity contribution is 7.28. The first kappa shape index (κ1) is 72.5. The van der Waals surface area contributed by atoms with Crippen molar-refractivity contribution in [2.24, 2.45) is 0 Å². The number of nitrogens with zero attached hydrogens (tertiary/aromatic N) is 3. The number of rotatable bonds is 6. The summed E-state index contributed by atoms with van der Waals surface area (Å²) in [4.78, 5) is 0. The molecule has 9 heterocycles. The minimum Gasteiger partial charge on any atom is -0.308 e. The summed E-state index contributed by atoms with van der Waals surface area (Å²) >= 11 is 11.4. The summed E-state index contributed by atoms with van der Waals surface area (Å²) < 4.78 is 23.5. The Morgan fingerprint density at radius 3 is 0.878 bits per heavy atom. The zero-order valence-electron chi connectivity index (χ0n) is 68.2. The van der Waals surface area contributed by atoms with Crippen molar-refractivity contribution in [3.63, 3.8) is 0 Å². The second-order valence-electron chi connectivity index (χ2n) is 33.3. The number of thiophene rings is 6. The lowest BCUT2D eigenvalue weighted by Crippen LogP contribution is -1.94. The Morgan fingerprint density at radius 1 is 0.163 bits per heavy atom. The Bertz CT molecular complexity index is 8990. The largest absolute Gasteiger partial charge is 0.308 e. The Labute approximate surface area is 732 Å². The number of benzene rings is 18. The van der Waals surface area contributed by atoms with Crippen LogP contribution in [0.4, 0.5) is 0 Å². The van der Waals surface area contributed by atoms with Crippen molar-refractivity contribution in [2.75, 3.05) is 0 Å². The highest BCUT2D eigenvalue weighted by Crippen LogP contribution is 2.52. The van der Waals surface area contributed by atoms with E-state index in [-0.39, 0.29) is 0 Å². The molecule has 0 atom stereocenters. The smallest absolute Gasteiger partial charge is 0.0640 e. The molecule has 9 heteroatoms. The van der Waals surface area contributed by atoms with Gasteiger partial charge in [-0.1, -0.05) is 234 Å². The summed E-state index contributed by atoms with van der Waals surface area (Å²) in [6.07, 6.45) is 0. The third-order valence-electron chi connectivity index (χ3n) is 25.5. The number of fused-ring (bicyclic) bond motifs is 27. The summed E-state index contributed by atoms with van der Waals surface area (Å²) in [5.74, 6) is 0. The van der Waals surface area contributed by atoms with Gasteiger partial charge in [0.25, 0.3) is 0 Å². The van der Waals surface area contributed by atoms with Gasteiger partial charge < -0.3 is 13.7 Å². The van der Waals surface area contributed by atoms with Crippen LogP contribution in [-0.2, 0) is 0 Å². The number of aryl methyl sites for hydroxylation is 6. The Kier molecular flexibility index (Phi) is 16.6. The van der Waals surface area contributed by atoms with Gasteiger partial charge in [-0.25, -0.2) is 0 Å². The maximum absolute atomic E-state index is 2.48. The lowest BCUT2D eigenvalue weighted by Gasteiger charge is -2.10. The summed E-state index contributed by atoms with van der Waals surface area (Å²) in [5.41, 5.74) is 26.9. The standard InChI is InChI=1S/3C38H25NS2/c1-22-16-18-31-29(20-22)30-21-23(2)17-19-32(30)39(31)33-13-6-12-28-36-25(9-7-15-35(36)41-38(28)33)27-11-5-10-26-24-8-3-4-14-34(24)40-37(26)27;1-22-13-17-31-29(19-22)30-20-23(2)14-18-32(30)39(31)33-10-5-9-28-37-25(8-6-12-35(37)41-38(28)33)24-15-16-27-26-7-3-4-11-34(26)40-36(27)21-24;1-22-13-16-31-28(19-22)29-20-23(2)14-17-32(29)39(31)33-10-5-9-27-37-25(8-6-12-36(37)41-38(27)33)24-15-18-35-30(21-24)26-7-3-4-11-34(26)40-35/h3*3-21H,1-2H3. The maximum atomic E-state index is 2.48. The van der Waals surface area contributed by atoms with E-state index in [4.69, 9.17) is 0 Å². The van der Waals surface area contributed by atoms with E-state index in [2.05, 4.69) is 401 Å². The molecule has 0 aliphatic carbocycles. The predicted molar refractivity (Wildman–Crippen MR) is 544 cm³/mol. The van der Waals surface area contributed by atoms with E-state index >= 15 is 0 Å².